The minimum Gasteiger partial charge on any atom is -0.399 e. The molecule has 3 nitrogen and oxygen atoms in total. The molecule has 0 bridgehead atoms. The molecule has 1 amide bonds. The standard InChI is InChI=1S/C17H17ClN2O/c1-20(17(21)12-4-7-14(19)8-5-12)16-9-6-13(10-15(16)18)11-2-3-11/h4-11H,2-3,19H2,1H3. The summed E-state index contributed by atoms with van der Waals surface area (Å²) in [5.74, 6) is 0.547. The van der Waals surface area contributed by atoms with Crippen LogP contribution in [0.15, 0.2) is 42.5 Å². The quantitative estimate of drug-likeness (QED) is 0.868. The number of carbonyl (C=O) groups is 1. The molecule has 0 aromatic heterocycles. The van der Waals surface area contributed by atoms with Crippen molar-refractivity contribution in [3.63, 3.8) is 0 Å². The van der Waals surface area contributed by atoms with Crippen LogP contribution in [-0.2, 0) is 0 Å². The number of carbonyl (C=O) groups excluding carboxylic acids is 1. The van der Waals surface area contributed by atoms with Crippen LogP contribution in [0.25, 0.3) is 0 Å². The van der Waals surface area contributed by atoms with Crippen molar-refractivity contribution < 1.29 is 4.79 Å². The highest BCUT2D eigenvalue weighted by atomic mass is 35.5. The molecular formula is C17H17ClN2O. The number of hydrogen-bond acceptors (Lipinski definition) is 2. The first-order valence-electron chi connectivity index (χ1n) is 6.99. The maximum atomic E-state index is 12.5. The molecule has 21 heavy (non-hydrogen) atoms. The van der Waals surface area contributed by atoms with E-state index in [2.05, 4.69) is 6.07 Å². The van der Waals surface area contributed by atoms with Crippen molar-refractivity contribution in [2.45, 2.75) is 18.8 Å². The molecule has 2 N–H and O–H groups in total. The fraction of sp³-hybridized carbons (Fsp3) is 0.235. The second kappa shape index (κ2) is 5.41. The molecule has 0 unspecified atom stereocenters. The van der Waals surface area contributed by atoms with E-state index in [9.17, 15) is 4.79 Å². The number of nitrogens with two attached hydrogens (primary N) is 1. The molecule has 2 aromatic rings. The highest BCUT2D eigenvalue weighted by Crippen LogP contribution is 2.42. The van der Waals surface area contributed by atoms with Crippen molar-refractivity contribution in [3.05, 3.63) is 58.6 Å². The third-order valence-corrected chi connectivity index (χ3v) is 4.15. The van der Waals surface area contributed by atoms with Gasteiger partial charge in [-0.25, -0.2) is 0 Å². The molecule has 0 heterocycles. The Labute approximate surface area is 129 Å². The minimum atomic E-state index is -0.101. The zero-order chi connectivity index (χ0) is 15.0. The molecular weight excluding hydrogens is 284 g/mol. The summed E-state index contributed by atoms with van der Waals surface area (Å²) in [6.45, 7) is 0. The number of hydrogen-bond donors (Lipinski definition) is 1. The second-order valence-electron chi connectivity index (χ2n) is 5.47. The van der Waals surface area contributed by atoms with Gasteiger partial charge in [-0.05, 0) is 60.7 Å². The Morgan fingerprint density at radius 3 is 2.43 bits per heavy atom. The number of nitrogens with zero attached hydrogens (tertiary/aromatic N) is 1. The summed E-state index contributed by atoms with van der Waals surface area (Å²) < 4.78 is 0. The summed E-state index contributed by atoms with van der Waals surface area (Å²) in [6.07, 6.45) is 2.46. The number of amides is 1. The van der Waals surface area contributed by atoms with Gasteiger partial charge in [-0.2, -0.15) is 0 Å². The fourth-order valence-electron chi connectivity index (χ4n) is 2.39. The van der Waals surface area contributed by atoms with Crippen molar-refractivity contribution in [1.29, 1.82) is 0 Å². The van der Waals surface area contributed by atoms with Gasteiger partial charge in [0.1, 0.15) is 0 Å². The van der Waals surface area contributed by atoms with Crippen LogP contribution in [0, 0.1) is 0 Å². The Kier molecular flexibility index (Phi) is 3.60. The summed E-state index contributed by atoms with van der Waals surface area (Å²) in [4.78, 5) is 14.0. The van der Waals surface area contributed by atoms with E-state index < -0.39 is 0 Å². The predicted octanol–water partition coefficient (Wildman–Crippen LogP) is 4.08. The van der Waals surface area contributed by atoms with E-state index in [0.717, 1.165) is 5.69 Å². The Hall–Kier alpha value is -2.00. The van der Waals surface area contributed by atoms with Crippen molar-refractivity contribution in [3.8, 4) is 0 Å². The first kappa shape index (κ1) is 14.0. The zero-order valence-electron chi connectivity index (χ0n) is 11.8. The van der Waals surface area contributed by atoms with Crippen LogP contribution in [0.1, 0.15) is 34.7 Å². The second-order valence-corrected chi connectivity index (χ2v) is 5.88. The Bertz CT molecular complexity index is 678. The average Bonchev–Trinajstić information content (AvgIpc) is 3.31. The smallest absolute Gasteiger partial charge is 0.258 e. The van der Waals surface area contributed by atoms with Gasteiger partial charge in [-0.1, -0.05) is 17.7 Å². The number of rotatable bonds is 3. The molecule has 1 fully saturated rings. The predicted molar refractivity (Wildman–Crippen MR) is 87.0 cm³/mol. The van der Waals surface area contributed by atoms with Crippen LogP contribution < -0.4 is 10.6 Å². The molecule has 3 rings (SSSR count). The van der Waals surface area contributed by atoms with Crippen LogP contribution in [0.4, 0.5) is 11.4 Å². The zero-order valence-corrected chi connectivity index (χ0v) is 12.6. The average molecular weight is 301 g/mol. The van der Waals surface area contributed by atoms with E-state index in [1.165, 1.54) is 18.4 Å². The molecule has 4 heteroatoms. The lowest BCUT2D eigenvalue weighted by Gasteiger charge is -2.19. The lowest BCUT2D eigenvalue weighted by molar-refractivity contribution is 0.0993. The first-order valence-corrected chi connectivity index (χ1v) is 7.37. The number of anilines is 2. The summed E-state index contributed by atoms with van der Waals surface area (Å²) in [5, 5.41) is 0.616. The lowest BCUT2D eigenvalue weighted by Crippen LogP contribution is -2.26. The van der Waals surface area contributed by atoms with E-state index in [4.69, 9.17) is 17.3 Å². The first-order chi connectivity index (χ1) is 10.1. The maximum absolute atomic E-state index is 12.5. The molecule has 0 spiro atoms. The molecule has 0 atom stereocenters. The third-order valence-electron chi connectivity index (χ3n) is 3.84. The molecule has 108 valence electrons. The molecule has 1 saturated carbocycles. The van der Waals surface area contributed by atoms with E-state index in [-0.39, 0.29) is 5.91 Å². The van der Waals surface area contributed by atoms with Crippen LogP contribution in [-0.4, -0.2) is 13.0 Å². The van der Waals surface area contributed by atoms with E-state index in [1.54, 1.807) is 36.2 Å². The van der Waals surface area contributed by atoms with E-state index in [1.807, 2.05) is 12.1 Å². The number of halogens is 1. The monoisotopic (exact) mass is 300 g/mol. The fourth-order valence-corrected chi connectivity index (χ4v) is 2.71. The summed E-state index contributed by atoms with van der Waals surface area (Å²) in [6, 6.07) is 12.8. The Morgan fingerprint density at radius 2 is 1.86 bits per heavy atom. The van der Waals surface area contributed by atoms with E-state index in [0.29, 0.717) is 22.2 Å². The van der Waals surface area contributed by atoms with Gasteiger partial charge in [-0.15, -0.1) is 0 Å². The molecule has 2 aromatic carbocycles. The number of nitrogen functional groups attached to an aromatic ring is 1. The molecule has 1 aliphatic carbocycles. The Morgan fingerprint density at radius 1 is 1.19 bits per heavy atom. The normalized spacial score (nSPS) is 14.0. The van der Waals surface area contributed by atoms with Crippen molar-refractivity contribution >= 4 is 28.9 Å². The van der Waals surface area contributed by atoms with Crippen LogP contribution >= 0.6 is 11.6 Å². The molecule has 0 radical (unpaired) electrons. The largest absolute Gasteiger partial charge is 0.399 e. The molecule has 0 aliphatic heterocycles. The van der Waals surface area contributed by atoms with Gasteiger partial charge in [0.2, 0.25) is 0 Å². The minimum absolute atomic E-state index is 0.101. The van der Waals surface area contributed by atoms with Crippen LogP contribution in [0.2, 0.25) is 5.02 Å². The van der Waals surface area contributed by atoms with Gasteiger partial charge < -0.3 is 10.6 Å². The van der Waals surface area contributed by atoms with Crippen LogP contribution in [0.5, 0.6) is 0 Å². The van der Waals surface area contributed by atoms with E-state index >= 15 is 0 Å². The highest BCUT2D eigenvalue weighted by Gasteiger charge is 2.25. The summed E-state index contributed by atoms with van der Waals surface area (Å²) >= 11 is 6.34. The van der Waals surface area contributed by atoms with Gasteiger partial charge in [-0.3, -0.25) is 4.79 Å². The van der Waals surface area contributed by atoms with Crippen LogP contribution in [0.3, 0.4) is 0 Å². The van der Waals surface area contributed by atoms with Crippen molar-refractivity contribution in [1.82, 2.24) is 0 Å². The van der Waals surface area contributed by atoms with Gasteiger partial charge >= 0.3 is 0 Å². The van der Waals surface area contributed by atoms with Gasteiger partial charge in [0.15, 0.2) is 0 Å². The van der Waals surface area contributed by atoms with Gasteiger partial charge in [0.25, 0.3) is 5.91 Å². The molecule has 0 saturated heterocycles. The Balaban J connectivity index is 1.85. The summed E-state index contributed by atoms with van der Waals surface area (Å²) in [5.41, 5.74) is 8.86. The third kappa shape index (κ3) is 2.88. The topological polar surface area (TPSA) is 46.3 Å². The molecule has 1 aliphatic rings. The number of benzene rings is 2. The SMILES string of the molecule is CN(C(=O)c1ccc(N)cc1)c1ccc(C2CC2)cc1Cl. The summed E-state index contributed by atoms with van der Waals surface area (Å²) in [7, 11) is 1.73. The van der Waals surface area contributed by atoms with Crippen molar-refractivity contribution in [2.24, 2.45) is 0 Å². The highest BCUT2D eigenvalue weighted by molar-refractivity contribution is 6.34. The van der Waals surface area contributed by atoms with Gasteiger partial charge in [0.05, 0.1) is 10.7 Å². The lowest BCUT2D eigenvalue weighted by atomic mass is 10.1. The van der Waals surface area contributed by atoms with Gasteiger partial charge in [0, 0.05) is 18.3 Å². The van der Waals surface area contributed by atoms with Crippen molar-refractivity contribution in [2.75, 3.05) is 17.7 Å². The maximum Gasteiger partial charge on any atom is 0.258 e.